The van der Waals surface area contributed by atoms with Gasteiger partial charge in [0.15, 0.2) is 0 Å². The summed E-state index contributed by atoms with van der Waals surface area (Å²) in [6, 6.07) is 19.4. The van der Waals surface area contributed by atoms with Crippen molar-refractivity contribution >= 4 is 17.3 Å². The zero-order valence-electron chi connectivity index (χ0n) is 18.8. The number of hydrogen-bond donors (Lipinski definition) is 2. The van der Waals surface area contributed by atoms with Gasteiger partial charge < -0.3 is 15.5 Å². The summed E-state index contributed by atoms with van der Waals surface area (Å²) >= 11 is 0. The van der Waals surface area contributed by atoms with Crippen molar-refractivity contribution in [1.82, 2.24) is 5.32 Å². The molecule has 0 unspecified atom stereocenters. The van der Waals surface area contributed by atoms with Gasteiger partial charge in [-0.2, -0.15) is 0 Å². The fourth-order valence-corrected chi connectivity index (χ4v) is 4.13. The van der Waals surface area contributed by atoms with Crippen LogP contribution in [0.3, 0.4) is 0 Å². The molecule has 1 saturated heterocycles. The van der Waals surface area contributed by atoms with Crippen molar-refractivity contribution in [2.75, 3.05) is 23.3 Å². The second-order valence-electron chi connectivity index (χ2n) is 9.44. The van der Waals surface area contributed by atoms with Crippen molar-refractivity contribution < 1.29 is 4.79 Å². The Morgan fingerprint density at radius 3 is 2.27 bits per heavy atom. The molecule has 0 bridgehead atoms. The Balaban J connectivity index is 1.37. The standard InChI is InChI=1S/C26H37N3O/c1-26(2,3)28-23-17-19-29(20-18-23)24-15-13-22(14-16-24)27-25(30)12-8-7-11-21-9-5-4-6-10-21/h4-6,9-10,13-16,23,28H,7-8,11-12,17-20H2,1-3H3,(H,27,30). The molecule has 0 atom stereocenters. The minimum atomic E-state index is 0.102. The molecular formula is C26H37N3O. The molecular weight excluding hydrogens is 370 g/mol. The molecule has 0 spiro atoms. The molecule has 2 aromatic rings. The van der Waals surface area contributed by atoms with Crippen LogP contribution < -0.4 is 15.5 Å². The van der Waals surface area contributed by atoms with Gasteiger partial charge in [-0.15, -0.1) is 0 Å². The van der Waals surface area contributed by atoms with Gasteiger partial charge in [0.2, 0.25) is 5.91 Å². The maximum atomic E-state index is 12.2. The first-order valence-corrected chi connectivity index (χ1v) is 11.4. The van der Waals surface area contributed by atoms with Crippen LogP contribution in [-0.2, 0) is 11.2 Å². The number of nitrogens with one attached hydrogen (secondary N) is 2. The maximum Gasteiger partial charge on any atom is 0.224 e. The smallest absolute Gasteiger partial charge is 0.224 e. The predicted octanol–water partition coefficient (Wildman–Crippen LogP) is 5.40. The van der Waals surface area contributed by atoms with Gasteiger partial charge >= 0.3 is 0 Å². The Morgan fingerprint density at radius 1 is 0.967 bits per heavy atom. The van der Waals surface area contributed by atoms with Gasteiger partial charge in [-0.05, 0) is 82.7 Å². The van der Waals surface area contributed by atoms with Gasteiger partial charge in [-0.1, -0.05) is 30.3 Å². The molecule has 0 aliphatic carbocycles. The van der Waals surface area contributed by atoms with E-state index in [0.29, 0.717) is 12.5 Å². The minimum absolute atomic E-state index is 0.102. The molecule has 0 saturated carbocycles. The molecule has 0 radical (unpaired) electrons. The topological polar surface area (TPSA) is 44.4 Å². The lowest BCUT2D eigenvalue weighted by atomic mass is 9.99. The number of nitrogens with zero attached hydrogens (tertiary/aromatic N) is 1. The van der Waals surface area contributed by atoms with Gasteiger partial charge in [0.05, 0.1) is 0 Å². The highest BCUT2D eigenvalue weighted by molar-refractivity contribution is 5.90. The number of aryl methyl sites for hydroxylation is 1. The number of anilines is 2. The maximum absolute atomic E-state index is 12.2. The van der Waals surface area contributed by atoms with Crippen LogP contribution in [0, 0.1) is 0 Å². The first-order valence-electron chi connectivity index (χ1n) is 11.4. The first kappa shape index (κ1) is 22.4. The molecule has 4 heteroatoms. The van der Waals surface area contributed by atoms with Crippen LogP contribution in [-0.4, -0.2) is 30.6 Å². The van der Waals surface area contributed by atoms with Gasteiger partial charge in [0.1, 0.15) is 0 Å². The first-order chi connectivity index (χ1) is 14.4. The quantitative estimate of drug-likeness (QED) is 0.576. The van der Waals surface area contributed by atoms with Crippen LogP contribution in [0.4, 0.5) is 11.4 Å². The zero-order valence-corrected chi connectivity index (χ0v) is 18.8. The highest BCUT2D eigenvalue weighted by Gasteiger charge is 2.23. The largest absolute Gasteiger partial charge is 0.371 e. The van der Waals surface area contributed by atoms with E-state index in [2.05, 4.69) is 72.7 Å². The number of amides is 1. The van der Waals surface area contributed by atoms with Crippen LogP contribution in [0.2, 0.25) is 0 Å². The van der Waals surface area contributed by atoms with E-state index < -0.39 is 0 Å². The number of rotatable bonds is 8. The average Bonchev–Trinajstić information content (AvgIpc) is 2.72. The van der Waals surface area contributed by atoms with Gasteiger partial charge in [0.25, 0.3) is 0 Å². The van der Waals surface area contributed by atoms with Crippen molar-refractivity contribution in [3.8, 4) is 0 Å². The van der Waals surface area contributed by atoms with E-state index in [-0.39, 0.29) is 11.4 Å². The van der Waals surface area contributed by atoms with E-state index in [0.717, 1.165) is 38.0 Å². The molecule has 0 aromatic heterocycles. The summed E-state index contributed by atoms with van der Waals surface area (Å²) in [4.78, 5) is 14.7. The van der Waals surface area contributed by atoms with Crippen LogP contribution in [0.15, 0.2) is 54.6 Å². The highest BCUT2D eigenvalue weighted by atomic mass is 16.1. The molecule has 30 heavy (non-hydrogen) atoms. The van der Waals surface area contributed by atoms with E-state index in [4.69, 9.17) is 0 Å². The van der Waals surface area contributed by atoms with Gasteiger partial charge in [-0.25, -0.2) is 0 Å². The molecule has 1 heterocycles. The Hall–Kier alpha value is -2.33. The van der Waals surface area contributed by atoms with E-state index in [9.17, 15) is 4.79 Å². The lowest BCUT2D eigenvalue weighted by molar-refractivity contribution is -0.116. The predicted molar refractivity (Wildman–Crippen MR) is 127 cm³/mol. The van der Waals surface area contributed by atoms with Crippen LogP contribution in [0.1, 0.15) is 58.4 Å². The van der Waals surface area contributed by atoms with Crippen molar-refractivity contribution in [1.29, 1.82) is 0 Å². The van der Waals surface area contributed by atoms with Crippen LogP contribution >= 0.6 is 0 Å². The van der Waals surface area contributed by atoms with Gasteiger partial charge in [-0.3, -0.25) is 4.79 Å². The van der Waals surface area contributed by atoms with E-state index >= 15 is 0 Å². The average molecular weight is 408 g/mol. The SMILES string of the molecule is CC(C)(C)NC1CCN(c2ccc(NC(=O)CCCCc3ccccc3)cc2)CC1. The lowest BCUT2D eigenvalue weighted by Crippen LogP contribution is -2.49. The van der Waals surface area contributed by atoms with E-state index in [1.807, 2.05) is 18.2 Å². The fourth-order valence-electron chi connectivity index (χ4n) is 4.13. The minimum Gasteiger partial charge on any atom is -0.371 e. The van der Waals surface area contributed by atoms with Crippen LogP contribution in [0.25, 0.3) is 0 Å². The Morgan fingerprint density at radius 2 is 1.63 bits per heavy atom. The zero-order chi connectivity index (χ0) is 21.4. The Bertz CT molecular complexity index is 772. The molecule has 2 aromatic carbocycles. The lowest BCUT2D eigenvalue weighted by Gasteiger charge is -2.37. The molecule has 1 aliphatic heterocycles. The number of unbranched alkanes of at least 4 members (excludes halogenated alkanes) is 1. The molecule has 1 fully saturated rings. The molecule has 4 nitrogen and oxygen atoms in total. The van der Waals surface area contributed by atoms with Gasteiger partial charge in [0, 0.05) is 42.5 Å². The van der Waals surface area contributed by atoms with Crippen molar-refractivity contribution in [2.24, 2.45) is 0 Å². The van der Waals surface area contributed by atoms with E-state index in [1.54, 1.807) is 0 Å². The summed E-state index contributed by atoms with van der Waals surface area (Å²) in [5.41, 5.74) is 3.64. The number of carbonyl (C=O) groups excluding carboxylic acids is 1. The molecule has 2 N–H and O–H groups in total. The van der Waals surface area contributed by atoms with Crippen LogP contribution in [0.5, 0.6) is 0 Å². The highest BCUT2D eigenvalue weighted by Crippen LogP contribution is 2.23. The number of hydrogen-bond acceptors (Lipinski definition) is 3. The summed E-state index contributed by atoms with van der Waals surface area (Å²) < 4.78 is 0. The molecule has 1 aliphatic rings. The molecule has 162 valence electrons. The normalized spacial score (nSPS) is 15.2. The summed E-state index contributed by atoms with van der Waals surface area (Å²) in [6.07, 6.45) is 5.89. The van der Waals surface area contributed by atoms with Crippen molar-refractivity contribution in [3.63, 3.8) is 0 Å². The third kappa shape index (κ3) is 7.49. The fraction of sp³-hybridized carbons (Fsp3) is 0.500. The van der Waals surface area contributed by atoms with E-state index in [1.165, 1.54) is 24.1 Å². The second-order valence-corrected chi connectivity index (χ2v) is 9.44. The third-order valence-corrected chi connectivity index (χ3v) is 5.61. The molecule has 3 rings (SSSR count). The number of benzene rings is 2. The molecule has 1 amide bonds. The number of piperidine rings is 1. The monoisotopic (exact) mass is 407 g/mol. The van der Waals surface area contributed by atoms with Crippen molar-refractivity contribution in [3.05, 3.63) is 60.2 Å². The Kier molecular flexibility index (Phi) is 7.92. The second kappa shape index (κ2) is 10.6. The summed E-state index contributed by atoms with van der Waals surface area (Å²) in [5, 5.41) is 6.75. The number of carbonyl (C=O) groups is 1. The summed E-state index contributed by atoms with van der Waals surface area (Å²) in [7, 11) is 0. The van der Waals surface area contributed by atoms with Crippen molar-refractivity contribution in [2.45, 2.75) is 70.9 Å². The third-order valence-electron chi connectivity index (χ3n) is 5.61. The summed E-state index contributed by atoms with van der Waals surface area (Å²) in [5.74, 6) is 0.102. The Labute approximate surface area is 182 Å². The summed E-state index contributed by atoms with van der Waals surface area (Å²) in [6.45, 7) is 8.84.